The number of carbonyl (C=O) groups is 2. The number of rotatable bonds is 6. The normalized spacial score (nSPS) is 14.9. The Hall–Kier alpha value is -1.59. The van der Waals surface area contributed by atoms with Gasteiger partial charge in [-0.25, -0.2) is 0 Å². The van der Waals surface area contributed by atoms with Gasteiger partial charge in [-0.2, -0.15) is 0 Å². The van der Waals surface area contributed by atoms with Crippen LogP contribution >= 0.6 is 11.6 Å². The lowest BCUT2D eigenvalue weighted by Gasteiger charge is -2.17. The maximum absolute atomic E-state index is 12.1. The third-order valence-corrected chi connectivity index (χ3v) is 3.76. The summed E-state index contributed by atoms with van der Waals surface area (Å²) in [5.41, 5.74) is 0.773. The molecule has 0 saturated carbocycles. The molecule has 1 aliphatic rings. The second kappa shape index (κ2) is 7.43. The van der Waals surface area contributed by atoms with E-state index in [0.717, 1.165) is 25.1 Å². The summed E-state index contributed by atoms with van der Waals surface area (Å²) in [7, 11) is 0. The van der Waals surface area contributed by atoms with Gasteiger partial charge in [-0.05, 0) is 30.7 Å². The fourth-order valence-corrected chi connectivity index (χ4v) is 2.39. The molecule has 0 unspecified atom stereocenters. The van der Waals surface area contributed by atoms with E-state index >= 15 is 0 Å². The molecule has 1 fully saturated rings. The predicted octanol–water partition coefficient (Wildman–Crippen LogP) is 0.836. The number of hydrogen-bond donors (Lipinski definition) is 1. The van der Waals surface area contributed by atoms with Gasteiger partial charge >= 0.3 is 0 Å². The van der Waals surface area contributed by atoms with Crippen molar-refractivity contribution in [1.82, 2.24) is 4.90 Å². The van der Waals surface area contributed by atoms with E-state index in [0.29, 0.717) is 18.2 Å². The first kappa shape index (κ1) is 15.8. The van der Waals surface area contributed by atoms with E-state index in [1.54, 1.807) is 34.1 Å². The van der Waals surface area contributed by atoms with Crippen LogP contribution in [0.15, 0.2) is 24.3 Å². The first-order chi connectivity index (χ1) is 10.1. The summed E-state index contributed by atoms with van der Waals surface area (Å²) in [5, 5.41) is 2.63. The van der Waals surface area contributed by atoms with Crippen LogP contribution in [-0.4, -0.2) is 43.0 Å². The Morgan fingerprint density at radius 1 is 1.33 bits per heavy atom. The first-order valence-electron chi connectivity index (χ1n) is 7.27. The van der Waals surface area contributed by atoms with Crippen LogP contribution in [0.2, 0.25) is 5.02 Å². The van der Waals surface area contributed by atoms with Gasteiger partial charge in [-0.3, -0.25) is 14.5 Å². The molecular formula is C15H21ClN3O2+. The van der Waals surface area contributed by atoms with Crippen molar-refractivity contribution in [3.05, 3.63) is 29.3 Å². The number of nitrogens with two attached hydrogens (primary N) is 1. The number of unbranched alkanes of at least 4 members (excludes halogenated alkanes) is 1. The lowest BCUT2D eigenvalue weighted by atomic mass is 10.3. The molecule has 21 heavy (non-hydrogen) atoms. The standard InChI is InChI=1S/C15H20ClN3O2/c1-2-3-8-17-9-14(20)18-10-15(21)19(11-18)13-6-4-12(16)5-7-13/h4-7,17H,2-3,8-11H2,1H3/p+1. The average Bonchev–Trinajstić information content (AvgIpc) is 2.86. The van der Waals surface area contributed by atoms with Crippen LogP contribution in [-0.2, 0) is 9.59 Å². The maximum atomic E-state index is 12.1. The number of halogens is 1. The lowest BCUT2D eigenvalue weighted by molar-refractivity contribution is -0.644. The Kier molecular flexibility index (Phi) is 5.59. The Balaban J connectivity index is 1.90. The fourth-order valence-electron chi connectivity index (χ4n) is 2.27. The van der Waals surface area contributed by atoms with E-state index in [1.807, 2.05) is 5.32 Å². The summed E-state index contributed by atoms with van der Waals surface area (Å²) in [6, 6.07) is 7.07. The molecule has 0 aromatic heterocycles. The molecule has 0 atom stereocenters. The summed E-state index contributed by atoms with van der Waals surface area (Å²) in [6.45, 7) is 3.95. The van der Waals surface area contributed by atoms with Gasteiger partial charge in [0.05, 0.1) is 6.54 Å². The quantitative estimate of drug-likeness (QED) is 0.792. The summed E-state index contributed by atoms with van der Waals surface area (Å²) >= 11 is 5.84. The van der Waals surface area contributed by atoms with Gasteiger partial charge in [0.25, 0.3) is 5.91 Å². The highest BCUT2D eigenvalue weighted by Gasteiger charge is 2.31. The molecule has 1 aromatic rings. The molecule has 2 amide bonds. The number of carbonyl (C=O) groups excluding carboxylic acids is 2. The molecule has 1 aliphatic heterocycles. The zero-order valence-corrected chi connectivity index (χ0v) is 13.0. The summed E-state index contributed by atoms with van der Waals surface area (Å²) in [6.07, 6.45) is 2.22. The van der Waals surface area contributed by atoms with Crippen molar-refractivity contribution in [2.24, 2.45) is 0 Å². The van der Waals surface area contributed by atoms with Crippen LogP contribution in [0.5, 0.6) is 0 Å². The minimum atomic E-state index is -0.0563. The third-order valence-electron chi connectivity index (χ3n) is 3.51. The zero-order valence-electron chi connectivity index (χ0n) is 12.2. The minimum Gasteiger partial charge on any atom is -0.338 e. The van der Waals surface area contributed by atoms with Crippen molar-refractivity contribution in [2.45, 2.75) is 19.8 Å². The van der Waals surface area contributed by atoms with E-state index in [2.05, 4.69) is 6.92 Å². The van der Waals surface area contributed by atoms with Crippen LogP contribution in [0.1, 0.15) is 19.8 Å². The van der Waals surface area contributed by atoms with Crippen molar-refractivity contribution in [3.63, 3.8) is 0 Å². The third kappa shape index (κ3) is 4.19. The van der Waals surface area contributed by atoms with E-state index in [4.69, 9.17) is 11.6 Å². The van der Waals surface area contributed by atoms with E-state index in [1.165, 1.54) is 0 Å². The molecule has 2 N–H and O–H groups in total. The topological polar surface area (TPSA) is 57.2 Å². The Morgan fingerprint density at radius 2 is 2.05 bits per heavy atom. The molecule has 0 radical (unpaired) electrons. The van der Waals surface area contributed by atoms with E-state index < -0.39 is 0 Å². The van der Waals surface area contributed by atoms with Crippen LogP contribution in [0.25, 0.3) is 0 Å². The molecule has 0 bridgehead atoms. The highest BCUT2D eigenvalue weighted by molar-refractivity contribution is 6.30. The molecular weight excluding hydrogens is 290 g/mol. The van der Waals surface area contributed by atoms with Gasteiger partial charge in [0.2, 0.25) is 5.91 Å². The van der Waals surface area contributed by atoms with Crippen LogP contribution < -0.4 is 10.2 Å². The Labute approximate surface area is 129 Å². The highest BCUT2D eigenvalue weighted by Crippen LogP contribution is 2.21. The second-order valence-electron chi connectivity index (χ2n) is 5.17. The number of amides is 2. The highest BCUT2D eigenvalue weighted by atomic mass is 35.5. The van der Waals surface area contributed by atoms with Crippen molar-refractivity contribution in [3.8, 4) is 0 Å². The van der Waals surface area contributed by atoms with Crippen LogP contribution in [0.4, 0.5) is 5.69 Å². The number of benzene rings is 1. The summed E-state index contributed by atoms with van der Waals surface area (Å²) in [5.74, 6) is -0.0462. The SMILES string of the molecule is CCCC[NH2+]CC(=O)N1CC(=O)N(c2ccc(Cl)cc2)C1. The molecule has 5 nitrogen and oxygen atoms in total. The second-order valence-corrected chi connectivity index (χ2v) is 5.60. The number of anilines is 1. The van der Waals surface area contributed by atoms with Gasteiger partial charge in [0, 0.05) is 10.7 Å². The van der Waals surface area contributed by atoms with Gasteiger partial charge < -0.3 is 10.2 Å². The van der Waals surface area contributed by atoms with Crippen LogP contribution in [0.3, 0.4) is 0 Å². The average molecular weight is 311 g/mol. The molecule has 0 aliphatic carbocycles. The largest absolute Gasteiger partial charge is 0.338 e. The Morgan fingerprint density at radius 3 is 2.71 bits per heavy atom. The predicted molar refractivity (Wildman–Crippen MR) is 82.1 cm³/mol. The van der Waals surface area contributed by atoms with Crippen molar-refractivity contribution < 1.29 is 14.9 Å². The number of nitrogens with zero attached hydrogens (tertiary/aromatic N) is 2. The molecule has 6 heteroatoms. The molecule has 1 heterocycles. The van der Waals surface area contributed by atoms with Crippen LogP contribution in [0, 0.1) is 0 Å². The van der Waals surface area contributed by atoms with Gasteiger partial charge in [0.1, 0.15) is 13.2 Å². The minimum absolute atomic E-state index is 0.0101. The smallest absolute Gasteiger partial charge is 0.279 e. The van der Waals surface area contributed by atoms with Crippen molar-refractivity contribution >= 4 is 29.1 Å². The lowest BCUT2D eigenvalue weighted by Crippen LogP contribution is -2.86. The van der Waals surface area contributed by atoms with Gasteiger partial charge in [-0.15, -0.1) is 0 Å². The van der Waals surface area contributed by atoms with E-state index in [9.17, 15) is 9.59 Å². The fraction of sp³-hybridized carbons (Fsp3) is 0.467. The van der Waals surface area contributed by atoms with Crippen molar-refractivity contribution in [1.29, 1.82) is 0 Å². The zero-order chi connectivity index (χ0) is 15.2. The number of hydrogen-bond acceptors (Lipinski definition) is 2. The molecule has 2 rings (SSSR count). The molecule has 0 spiro atoms. The summed E-state index contributed by atoms with van der Waals surface area (Å²) < 4.78 is 0. The summed E-state index contributed by atoms with van der Waals surface area (Å²) in [4.78, 5) is 27.3. The number of quaternary nitrogens is 1. The Bertz CT molecular complexity index is 504. The molecule has 1 aromatic carbocycles. The molecule has 114 valence electrons. The van der Waals surface area contributed by atoms with Gasteiger partial charge in [-0.1, -0.05) is 24.9 Å². The van der Waals surface area contributed by atoms with Gasteiger partial charge in [0.15, 0.2) is 6.54 Å². The van der Waals surface area contributed by atoms with E-state index in [-0.39, 0.29) is 18.4 Å². The monoisotopic (exact) mass is 310 g/mol. The maximum Gasteiger partial charge on any atom is 0.279 e. The first-order valence-corrected chi connectivity index (χ1v) is 7.65. The van der Waals surface area contributed by atoms with Crippen molar-refractivity contribution in [2.75, 3.05) is 31.2 Å². The molecule has 1 saturated heterocycles.